The van der Waals surface area contributed by atoms with Crippen LogP contribution in [0, 0.1) is 0 Å². The summed E-state index contributed by atoms with van der Waals surface area (Å²) in [5.41, 5.74) is 1.05. The van der Waals surface area contributed by atoms with E-state index in [1.165, 1.54) is 0 Å². The number of amides is 1. The first-order chi connectivity index (χ1) is 8.19. The van der Waals surface area contributed by atoms with Gasteiger partial charge in [-0.1, -0.05) is 0 Å². The monoisotopic (exact) mass is 321 g/mol. The van der Waals surface area contributed by atoms with Gasteiger partial charge in [0.25, 0.3) is 5.91 Å². The highest BCUT2D eigenvalue weighted by molar-refractivity contribution is 9.10. The van der Waals surface area contributed by atoms with Gasteiger partial charge >= 0.3 is 0 Å². The second-order valence-corrected chi connectivity index (χ2v) is 4.80. The third-order valence-electron chi connectivity index (χ3n) is 1.99. The van der Waals surface area contributed by atoms with Crippen molar-refractivity contribution in [2.45, 2.75) is 26.7 Å². The van der Waals surface area contributed by atoms with Gasteiger partial charge in [0.2, 0.25) is 6.29 Å². The smallest absolute Gasteiger partial charge is 0.277 e. The van der Waals surface area contributed by atoms with E-state index in [9.17, 15) is 4.79 Å². The van der Waals surface area contributed by atoms with Crippen LogP contribution in [0.3, 0.4) is 0 Å². The van der Waals surface area contributed by atoms with Gasteiger partial charge in [-0.3, -0.25) is 4.79 Å². The Kier molecular flexibility index (Phi) is 6.72. The van der Waals surface area contributed by atoms with Gasteiger partial charge in [-0.2, -0.15) is 11.3 Å². The molecule has 0 aliphatic heterocycles. The van der Waals surface area contributed by atoms with Gasteiger partial charge < -0.3 is 14.8 Å². The summed E-state index contributed by atoms with van der Waals surface area (Å²) in [5.74, 6) is -0.244. The fourth-order valence-corrected chi connectivity index (χ4v) is 2.65. The van der Waals surface area contributed by atoms with Crippen molar-refractivity contribution >= 4 is 33.2 Å². The Bertz CT molecular complexity index is 350. The summed E-state index contributed by atoms with van der Waals surface area (Å²) in [4.78, 5) is 11.8. The van der Waals surface area contributed by atoms with Crippen molar-refractivity contribution in [1.82, 2.24) is 5.32 Å². The van der Waals surface area contributed by atoms with Crippen LogP contribution in [0.5, 0.6) is 0 Å². The minimum atomic E-state index is -0.817. The molecule has 1 rings (SSSR count). The molecule has 0 radical (unpaired) electrons. The van der Waals surface area contributed by atoms with E-state index < -0.39 is 6.29 Å². The van der Waals surface area contributed by atoms with Crippen LogP contribution >= 0.6 is 27.3 Å². The van der Waals surface area contributed by atoms with E-state index in [0.717, 1.165) is 10.0 Å². The number of thiophene rings is 1. The Balaban J connectivity index is 2.44. The minimum absolute atomic E-state index is 0.244. The van der Waals surface area contributed by atoms with E-state index in [2.05, 4.69) is 21.2 Å². The molecule has 1 amide bonds. The third kappa shape index (κ3) is 4.75. The normalized spacial score (nSPS) is 10.8. The van der Waals surface area contributed by atoms with Crippen molar-refractivity contribution in [3.05, 3.63) is 20.8 Å². The van der Waals surface area contributed by atoms with Crippen molar-refractivity contribution in [3.8, 4) is 0 Å². The maximum absolute atomic E-state index is 11.8. The van der Waals surface area contributed by atoms with Crippen LogP contribution in [0.1, 0.15) is 19.4 Å². The molecule has 1 aromatic heterocycles. The van der Waals surface area contributed by atoms with E-state index in [4.69, 9.17) is 9.47 Å². The summed E-state index contributed by atoms with van der Waals surface area (Å²) in [5, 5.41) is 6.75. The summed E-state index contributed by atoms with van der Waals surface area (Å²) >= 11 is 5.00. The Hall–Kier alpha value is -0.430. The highest BCUT2D eigenvalue weighted by atomic mass is 79.9. The van der Waals surface area contributed by atoms with Crippen LogP contribution in [0.25, 0.3) is 0 Å². The average molecular weight is 322 g/mol. The van der Waals surface area contributed by atoms with Crippen molar-refractivity contribution in [1.29, 1.82) is 0 Å². The Morgan fingerprint density at radius 3 is 2.53 bits per heavy atom. The molecule has 0 aromatic carbocycles. The lowest BCUT2D eigenvalue weighted by molar-refractivity contribution is -0.170. The van der Waals surface area contributed by atoms with Gasteiger partial charge in [0, 0.05) is 29.6 Å². The highest BCUT2D eigenvalue weighted by Gasteiger charge is 2.18. The number of halogens is 1. The van der Waals surface area contributed by atoms with E-state index in [1.807, 2.05) is 24.6 Å². The van der Waals surface area contributed by atoms with Crippen LogP contribution in [0.4, 0.5) is 0 Å². The molecule has 0 saturated carbocycles. The first-order valence-electron chi connectivity index (χ1n) is 5.40. The molecule has 0 unspecified atom stereocenters. The Morgan fingerprint density at radius 1 is 1.41 bits per heavy atom. The summed E-state index contributed by atoms with van der Waals surface area (Å²) in [6.07, 6.45) is -0.817. The summed E-state index contributed by atoms with van der Waals surface area (Å²) in [7, 11) is 0. The lowest BCUT2D eigenvalue weighted by Crippen LogP contribution is -2.38. The molecule has 1 N–H and O–H groups in total. The fourth-order valence-electron chi connectivity index (χ4n) is 1.20. The fraction of sp³-hybridized carbons (Fsp3) is 0.545. The molecule has 4 nitrogen and oxygen atoms in total. The van der Waals surface area contributed by atoms with Crippen LogP contribution in [0.15, 0.2) is 15.2 Å². The second kappa shape index (κ2) is 7.81. The third-order valence-corrected chi connectivity index (χ3v) is 3.83. The molecule has 0 aliphatic carbocycles. The van der Waals surface area contributed by atoms with Crippen LogP contribution in [-0.4, -0.2) is 25.4 Å². The number of ether oxygens (including phenoxy) is 2. The lowest BCUT2D eigenvalue weighted by atomic mass is 10.3. The highest BCUT2D eigenvalue weighted by Crippen LogP contribution is 2.20. The van der Waals surface area contributed by atoms with Crippen molar-refractivity contribution in [2.24, 2.45) is 0 Å². The largest absolute Gasteiger partial charge is 0.348 e. The number of carbonyl (C=O) groups excluding carboxylic acids is 1. The molecule has 0 atom stereocenters. The number of hydrogen-bond acceptors (Lipinski definition) is 4. The molecule has 0 aliphatic rings. The minimum Gasteiger partial charge on any atom is -0.348 e. The number of hydrogen-bond donors (Lipinski definition) is 1. The second-order valence-electron chi connectivity index (χ2n) is 3.21. The molecule has 0 bridgehead atoms. The lowest BCUT2D eigenvalue weighted by Gasteiger charge is -2.16. The summed E-state index contributed by atoms with van der Waals surface area (Å²) < 4.78 is 11.4. The molecule has 1 heterocycles. The summed E-state index contributed by atoms with van der Waals surface area (Å²) in [6, 6.07) is 0. The van der Waals surface area contributed by atoms with Gasteiger partial charge in [-0.25, -0.2) is 0 Å². The topological polar surface area (TPSA) is 47.6 Å². The standard InChI is InChI=1S/C11H16BrNO3S/c1-3-15-11(16-4-2)10(14)13-5-8-6-17-7-9(8)12/h6-7,11H,3-5H2,1-2H3,(H,13,14). The molecular weight excluding hydrogens is 306 g/mol. The number of rotatable bonds is 7. The van der Waals surface area contributed by atoms with Crippen molar-refractivity contribution < 1.29 is 14.3 Å². The molecular formula is C11H16BrNO3S. The first kappa shape index (κ1) is 14.6. The zero-order chi connectivity index (χ0) is 12.7. The SMILES string of the molecule is CCOC(OCC)C(=O)NCc1cscc1Br. The van der Waals surface area contributed by atoms with Gasteiger partial charge in [-0.15, -0.1) is 0 Å². The Morgan fingerprint density at radius 2 is 2.06 bits per heavy atom. The predicted octanol–water partition coefficient (Wildman–Crippen LogP) is 2.53. The maximum Gasteiger partial charge on any atom is 0.277 e. The number of nitrogens with one attached hydrogen (secondary N) is 1. The van der Waals surface area contributed by atoms with Crippen LogP contribution < -0.4 is 5.32 Å². The van der Waals surface area contributed by atoms with Crippen LogP contribution in [0.2, 0.25) is 0 Å². The molecule has 6 heteroatoms. The Labute approximate surface area is 113 Å². The zero-order valence-corrected chi connectivity index (χ0v) is 12.3. The van der Waals surface area contributed by atoms with E-state index >= 15 is 0 Å². The maximum atomic E-state index is 11.8. The quantitative estimate of drug-likeness (QED) is 0.785. The predicted molar refractivity (Wildman–Crippen MR) is 70.9 cm³/mol. The molecule has 17 heavy (non-hydrogen) atoms. The first-order valence-corrected chi connectivity index (χ1v) is 7.14. The molecule has 0 fully saturated rings. The van der Waals surface area contributed by atoms with Crippen LogP contribution in [-0.2, 0) is 20.8 Å². The van der Waals surface area contributed by atoms with E-state index in [-0.39, 0.29) is 5.91 Å². The van der Waals surface area contributed by atoms with Gasteiger partial charge in [0.1, 0.15) is 0 Å². The molecule has 0 spiro atoms. The average Bonchev–Trinajstić information content (AvgIpc) is 2.71. The van der Waals surface area contributed by atoms with Gasteiger partial charge in [0.15, 0.2) is 0 Å². The molecule has 1 aromatic rings. The zero-order valence-electron chi connectivity index (χ0n) is 9.86. The van der Waals surface area contributed by atoms with Gasteiger partial charge in [0.05, 0.1) is 0 Å². The summed E-state index contributed by atoms with van der Waals surface area (Å²) in [6.45, 7) is 5.02. The van der Waals surface area contributed by atoms with E-state index in [0.29, 0.717) is 19.8 Å². The van der Waals surface area contributed by atoms with E-state index in [1.54, 1.807) is 11.3 Å². The molecule has 0 saturated heterocycles. The van der Waals surface area contributed by atoms with Crippen molar-refractivity contribution in [3.63, 3.8) is 0 Å². The van der Waals surface area contributed by atoms with Gasteiger partial charge in [-0.05, 0) is 40.7 Å². The number of carbonyl (C=O) groups is 1. The molecule has 96 valence electrons. The van der Waals surface area contributed by atoms with Crippen molar-refractivity contribution in [2.75, 3.05) is 13.2 Å².